The van der Waals surface area contributed by atoms with Crippen molar-refractivity contribution < 1.29 is 34.8 Å². The molecule has 6 N–H and O–H groups in total. The van der Waals surface area contributed by atoms with Crippen molar-refractivity contribution in [2.45, 2.75) is 37.2 Å². The SMILES string of the molecule is O=CC=CC1C(=O)NC(=O)NC1CCC(O)C(O)C(O)CO. The summed E-state index contributed by atoms with van der Waals surface area (Å²) in [6, 6.07) is -1.35. The average molecular weight is 316 g/mol. The molecule has 0 aromatic heterocycles. The van der Waals surface area contributed by atoms with Gasteiger partial charge in [0.15, 0.2) is 0 Å². The Morgan fingerprint density at radius 3 is 2.45 bits per heavy atom. The number of aldehydes is 1. The van der Waals surface area contributed by atoms with E-state index in [0.29, 0.717) is 6.29 Å². The van der Waals surface area contributed by atoms with Gasteiger partial charge in [0.05, 0.1) is 18.6 Å². The highest BCUT2D eigenvalue weighted by Crippen LogP contribution is 2.18. The number of aliphatic hydroxyl groups is 4. The molecule has 0 radical (unpaired) electrons. The minimum Gasteiger partial charge on any atom is -0.394 e. The van der Waals surface area contributed by atoms with E-state index >= 15 is 0 Å². The number of allylic oxidation sites excluding steroid dienone is 1. The molecule has 3 amide bonds. The predicted molar refractivity (Wildman–Crippen MR) is 73.5 cm³/mol. The maximum absolute atomic E-state index is 11.7. The van der Waals surface area contributed by atoms with Crippen LogP contribution in [0.1, 0.15) is 12.8 Å². The molecular formula is C13H20N2O7. The minimum atomic E-state index is -1.54. The number of hydrogen-bond donors (Lipinski definition) is 6. The smallest absolute Gasteiger partial charge is 0.321 e. The van der Waals surface area contributed by atoms with E-state index in [1.165, 1.54) is 6.08 Å². The fourth-order valence-electron chi connectivity index (χ4n) is 2.20. The van der Waals surface area contributed by atoms with E-state index < -0.39 is 48.8 Å². The first-order valence-corrected chi connectivity index (χ1v) is 6.79. The molecule has 1 aliphatic rings. The van der Waals surface area contributed by atoms with Crippen LogP contribution < -0.4 is 10.6 Å². The Morgan fingerprint density at radius 2 is 1.86 bits per heavy atom. The van der Waals surface area contributed by atoms with E-state index in [9.17, 15) is 29.7 Å². The van der Waals surface area contributed by atoms with Crippen molar-refractivity contribution >= 4 is 18.2 Å². The zero-order valence-corrected chi connectivity index (χ0v) is 11.8. The lowest BCUT2D eigenvalue weighted by Crippen LogP contribution is -2.57. The second-order valence-electron chi connectivity index (χ2n) is 5.00. The summed E-state index contributed by atoms with van der Waals surface area (Å²) in [5.41, 5.74) is 0. The Labute approximate surface area is 126 Å². The molecule has 0 bridgehead atoms. The number of hydrogen-bond acceptors (Lipinski definition) is 7. The second-order valence-corrected chi connectivity index (χ2v) is 5.00. The van der Waals surface area contributed by atoms with Crippen LogP contribution in [0.25, 0.3) is 0 Å². The molecule has 0 aliphatic carbocycles. The van der Waals surface area contributed by atoms with E-state index in [1.54, 1.807) is 0 Å². The quantitative estimate of drug-likeness (QED) is 0.212. The van der Waals surface area contributed by atoms with Gasteiger partial charge in [0.2, 0.25) is 5.91 Å². The molecule has 1 fully saturated rings. The highest BCUT2D eigenvalue weighted by Gasteiger charge is 2.34. The lowest BCUT2D eigenvalue weighted by atomic mass is 9.90. The molecule has 0 aromatic carbocycles. The summed E-state index contributed by atoms with van der Waals surface area (Å²) in [7, 11) is 0. The van der Waals surface area contributed by atoms with E-state index in [0.717, 1.165) is 6.08 Å². The van der Waals surface area contributed by atoms with E-state index in [1.807, 2.05) is 0 Å². The summed E-state index contributed by atoms with van der Waals surface area (Å²) < 4.78 is 0. The van der Waals surface area contributed by atoms with Gasteiger partial charge in [-0.25, -0.2) is 4.79 Å². The molecule has 5 atom stereocenters. The molecule has 5 unspecified atom stereocenters. The van der Waals surface area contributed by atoms with Crippen LogP contribution in [0.3, 0.4) is 0 Å². The fourth-order valence-corrected chi connectivity index (χ4v) is 2.20. The minimum absolute atomic E-state index is 0.0259. The summed E-state index contributed by atoms with van der Waals surface area (Å²) in [5, 5.41) is 41.8. The summed E-state index contributed by atoms with van der Waals surface area (Å²) in [5.74, 6) is -1.35. The van der Waals surface area contributed by atoms with Crippen molar-refractivity contribution in [3.63, 3.8) is 0 Å². The van der Waals surface area contributed by atoms with Crippen LogP contribution in [-0.4, -0.2) is 69.6 Å². The zero-order valence-electron chi connectivity index (χ0n) is 11.8. The van der Waals surface area contributed by atoms with Crippen molar-refractivity contribution in [2.75, 3.05) is 6.61 Å². The van der Waals surface area contributed by atoms with E-state index in [4.69, 9.17) is 5.11 Å². The highest BCUT2D eigenvalue weighted by molar-refractivity contribution is 5.99. The normalized spacial score (nSPS) is 26.2. The van der Waals surface area contributed by atoms with Crippen LogP contribution in [0.2, 0.25) is 0 Å². The maximum atomic E-state index is 11.7. The number of carbonyl (C=O) groups excluding carboxylic acids is 3. The van der Waals surface area contributed by atoms with Gasteiger partial charge in [-0.3, -0.25) is 14.9 Å². The molecule has 0 aromatic rings. The monoisotopic (exact) mass is 316 g/mol. The van der Waals surface area contributed by atoms with E-state index in [-0.39, 0.29) is 12.8 Å². The van der Waals surface area contributed by atoms with Gasteiger partial charge in [0.1, 0.15) is 18.5 Å². The molecule has 9 nitrogen and oxygen atoms in total. The summed E-state index contributed by atoms with van der Waals surface area (Å²) in [6.45, 7) is -0.703. The molecule has 1 saturated heterocycles. The van der Waals surface area contributed by atoms with Crippen molar-refractivity contribution in [1.29, 1.82) is 0 Å². The molecule has 0 spiro atoms. The van der Waals surface area contributed by atoms with Gasteiger partial charge in [0.25, 0.3) is 0 Å². The van der Waals surface area contributed by atoms with Crippen LogP contribution in [-0.2, 0) is 9.59 Å². The van der Waals surface area contributed by atoms with Gasteiger partial charge in [-0.1, -0.05) is 6.08 Å². The zero-order chi connectivity index (χ0) is 16.7. The molecule has 1 rings (SSSR count). The van der Waals surface area contributed by atoms with Crippen LogP contribution >= 0.6 is 0 Å². The second kappa shape index (κ2) is 8.59. The number of rotatable bonds is 8. The van der Waals surface area contributed by atoms with Gasteiger partial charge in [-0.2, -0.15) is 0 Å². The molecule has 1 heterocycles. The van der Waals surface area contributed by atoms with Gasteiger partial charge in [-0.15, -0.1) is 0 Å². The van der Waals surface area contributed by atoms with Gasteiger partial charge in [-0.05, 0) is 18.9 Å². The Morgan fingerprint density at radius 1 is 1.18 bits per heavy atom. The Balaban J connectivity index is 2.66. The van der Waals surface area contributed by atoms with Crippen LogP contribution in [0.5, 0.6) is 0 Å². The average Bonchev–Trinajstić information content (AvgIpc) is 2.49. The summed E-state index contributed by atoms with van der Waals surface area (Å²) >= 11 is 0. The predicted octanol–water partition coefficient (Wildman–Crippen LogP) is -2.58. The Kier molecular flexibility index (Phi) is 7.12. The highest BCUT2D eigenvalue weighted by atomic mass is 16.4. The van der Waals surface area contributed by atoms with Crippen LogP contribution in [0.4, 0.5) is 4.79 Å². The number of imide groups is 1. The van der Waals surface area contributed by atoms with Crippen LogP contribution in [0.15, 0.2) is 12.2 Å². The Bertz CT molecular complexity index is 440. The lowest BCUT2D eigenvalue weighted by molar-refractivity contribution is -0.124. The third-order valence-electron chi connectivity index (χ3n) is 3.44. The number of urea groups is 1. The first kappa shape index (κ1) is 18.2. The number of nitrogens with one attached hydrogen (secondary N) is 2. The Hall–Kier alpha value is -1.81. The fraction of sp³-hybridized carbons (Fsp3) is 0.615. The summed E-state index contributed by atoms with van der Waals surface area (Å²) in [4.78, 5) is 33.4. The molecule has 22 heavy (non-hydrogen) atoms. The number of aliphatic hydroxyl groups excluding tert-OH is 4. The van der Waals surface area contributed by atoms with E-state index in [2.05, 4.69) is 10.6 Å². The molecular weight excluding hydrogens is 296 g/mol. The molecule has 1 aliphatic heterocycles. The number of carbonyl (C=O) groups is 3. The standard InChI is InChI=1S/C13H20N2O7/c16-5-1-2-7-8(14-13(22)15-12(7)21)3-4-9(18)11(20)10(19)6-17/h1-2,5,7-11,17-20H,3-4,6H2,(H2,14,15,21,22). The summed E-state index contributed by atoms with van der Waals surface area (Å²) in [6.07, 6.45) is -1.29. The van der Waals surface area contributed by atoms with Crippen molar-refractivity contribution in [1.82, 2.24) is 10.6 Å². The van der Waals surface area contributed by atoms with Crippen molar-refractivity contribution in [3.05, 3.63) is 12.2 Å². The third-order valence-corrected chi connectivity index (χ3v) is 3.44. The molecule has 9 heteroatoms. The topological polar surface area (TPSA) is 156 Å². The van der Waals surface area contributed by atoms with Gasteiger partial charge >= 0.3 is 6.03 Å². The van der Waals surface area contributed by atoms with Crippen molar-refractivity contribution in [3.8, 4) is 0 Å². The first-order valence-electron chi connectivity index (χ1n) is 6.79. The van der Waals surface area contributed by atoms with Crippen molar-refractivity contribution in [2.24, 2.45) is 5.92 Å². The largest absolute Gasteiger partial charge is 0.394 e. The van der Waals surface area contributed by atoms with Gasteiger partial charge in [0, 0.05) is 6.04 Å². The van der Waals surface area contributed by atoms with Crippen LogP contribution in [0, 0.1) is 5.92 Å². The lowest BCUT2D eigenvalue weighted by Gasteiger charge is -2.31. The first-order chi connectivity index (χ1) is 10.4. The number of amides is 3. The maximum Gasteiger partial charge on any atom is 0.321 e. The van der Waals surface area contributed by atoms with Gasteiger partial charge < -0.3 is 25.7 Å². The third kappa shape index (κ3) is 4.88. The molecule has 124 valence electrons. The molecule has 0 saturated carbocycles.